The smallest absolute Gasteiger partial charge is 0.258 e. The van der Waals surface area contributed by atoms with E-state index >= 15 is 0 Å². The van der Waals surface area contributed by atoms with E-state index in [1.165, 1.54) is 7.11 Å². The van der Waals surface area contributed by atoms with E-state index in [-0.39, 0.29) is 5.56 Å². The van der Waals surface area contributed by atoms with Gasteiger partial charge in [0.15, 0.2) is 0 Å². The van der Waals surface area contributed by atoms with Crippen LogP contribution < -0.4 is 16.0 Å². The van der Waals surface area contributed by atoms with E-state index < -0.39 is 6.04 Å². The standard InChI is InChI=1S/C19H16ClN5O2/c1-27-15-7-11(12-8-22-23-9-12)6-14-17(15)24-18(25-19(14)26)16(21)10-2-4-13(20)5-3-10/h2-9,16H,21H2,1H3,(H,22,23)(H,24,25,26). The van der Waals surface area contributed by atoms with Gasteiger partial charge in [-0.1, -0.05) is 23.7 Å². The lowest BCUT2D eigenvalue weighted by atomic mass is 10.0. The number of rotatable bonds is 4. The Bertz CT molecular complexity index is 1150. The first kappa shape index (κ1) is 17.3. The molecule has 136 valence electrons. The van der Waals surface area contributed by atoms with Crippen LogP contribution in [0.15, 0.2) is 53.6 Å². The van der Waals surface area contributed by atoms with Gasteiger partial charge in [-0.25, -0.2) is 4.98 Å². The van der Waals surface area contributed by atoms with Crippen LogP contribution in [0, 0.1) is 0 Å². The van der Waals surface area contributed by atoms with Gasteiger partial charge in [-0.3, -0.25) is 9.89 Å². The number of halogens is 1. The molecule has 0 amide bonds. The third kappa shape index (κ3) is 3.18. The first-order chi connectivity index (χ1) is 13.1. The fraction of sp³-hybridized carbons (Fsp3) is 0.105. The molecule has 0 radical (unpaired) electrons. The highest BCUT2D eigenvalue weighted by Gasteiger charge is 2.17. The first-order valence-electron chi connectivity index (χ1n) is 8.19. The van der Waals surface area contributed by atoms with E-state index in [0.29, 0.717) is 27.5 Å². The Kier molecular flexibility index (Phi) is 4.39. The van der Waals surface area contributed by atoms with Crippen LogP contribution in [0.2, 0.25) is 5.02 Å². The van der Waals surface area contributed by atoms with E-state index in [1.807, 2.05) is 6.07 Å². The second kappa shape index (κ2) is 6.86. The minimum absolute atomic E-state index is 0.289. The number of methoxy groups -OCH3 is 1. The summed E-state index contributed by atoms with van der Waals surface area (Å²) in [4.78, 5) is 20.1. The number of hydrogen-bond donors (Lipinski definition) is 3. The summed E-state index contributed by atoms with van der Waals surface area (Å²) in [6.07, 6.45) is 3.42. The minimum atomic E-state index is -0.599. The molecule has 0 fully saturated rings. The van der Waals surface area contributed by atoms with Gasteiger partial charge in [0.1, 0.15) is 17.1 Å². The lowest BCUT2D eigenvalue weighted by molar-refractivity contribution is 0.419. The maximum Gasteiger partial charge on any atom is 0.258 e. The van der Waals surface area contributed by atoms with Gasteiger partial charge in [-0.05, 0) is 35.4 Å². The van der Waals surface area contributed by atoms with Crippen molar-refractivity contribution in [2.24, 2.45) is 5.73 Å². The Hall–Kier alpha value is -3.16. The highest BCUT2D eigenvalue weighted by atomic mass is 35.5. The van der Waals surface area contributed by atoms with E-state index in [0.717, 1.165) is 16.7 Å². The zero-order valence-electron chi connectivity index (χ0n) is 14.4. The number of nitrogens with zero attached hydrogens (tertiary/aromatic N) is 2. The normalized spacial score (nSPS) is 12.3. The van der Waals surface area contributed by atoms with Gasteiger partial charge < -0.3 is 15.5 Å². The number of fused-ring (bicyclic) bond motifs is 1. The zero-order valence-corrected chi connectivity index (χ0v) is 15.1. The van der Waals surface area contributed by atoms with Crippen molar-refractivity contribution in [1.29, 1.82) is 0 Å². The highest BCUT2D eigenvalue weighted by Crippen LogP contribution is 2.30. The van der Waals surface area contributed by atoms with E-state index in [1.54, 1.807) is 42.7 Å². The molecule has 0 aliphatic rings. The Morgan fingerprint density at radius 3 is 2.63 bits per heavy atom. The summed E-state index contributed by atoms with van der Waals surface area (Å²) in [5.74, 6) is 0.837. The van der Waals surface area contributed by atoms with Crippen LogP contribution >= 0.6 is 11.6 Å². The van der Waals surface area contributed by atoms with Crippen LogP contribution in [0.1, 0.15) is 17.4 Å². The molecule has 1 unspecified atom stereocenters. The predicted molar refractivity (Wildman–Crippen MR) is 104 cm³/mol. The molecule has 7 nitrogen and oxygen atoms in total. The van der Waals surface area contributed by atoms with Gasteiger partial charge in [-0.15, -0.1) is 0 Å². The van der Waals surface area contributed by atoms with Gasteiger partial charge in [0, 0.05) is 16.8 Å². The highest BCUT2D eigenvalue weighted by molar-refractivity contribution is 6.30. The summed E-state index contributed by atoms with van der Waals surface area (Å²) < 4.78 is 5.47. The summed E-state index contributed by atoms with van der Waals surface area (Å²) in [5.41, 5.74) is 8.89. The summed E-state index contributed by atoms with van der Waals surface area (Å²) in [5, 5.41) is 7.72. The maximum absolute atomic E-state index is 12.7. The Labute approximate surface area is 159 Å². The molecule has 4 N–H and O–H groups in total. The summed E-state index contributed by atoms with van der Waals surface area (Å²) in [7, 11) is 1.54. The molecule has 0 saturated carbocycles. The number of ether oxygens (including phenoxy) is 1. The summed E-state index contributed by atoms with van der Waals surface area (Å²) >= 11 is 5.92. The van der Waals surface area contributed by atoms with Crippen LogP contribution in [0.4, 0.5) is 0 Å². The number of hydrogen-bond acceptors (Lipinski definition) is 5. The number of aromatic nitrogens is 4. The molecule has 8 heteroatoms. The first-order valence-corrected chi connectivity index (χ1v) is 8.57. The van der Waals surface area contributed by atoms with Crippen molar-refractivity contribution in [2.75, 3.05) is 7.11 Å². The predicted octanol–water partition coefficient (Wildman–Crippen LogP) is 3.02. The van der Waals surface area contributed by atoms with Crippen LogP contribution in [0.25, 0.3) is 22.0 Å². The largest absolute Gasteiger partial charge is 0.494 e. The molecule has 27 heavy (non-hydrogen) atoms. The van der Waals surface area contributed by atoms with Crippen LogP contribution in [0.3, 0.4) is 0 Å². The number of benzene rings is 2. The third-order valence-electron chi connectivity index (χ3n) is 4.37. The molecule has 0 aliphatic carbocycles. The second-order valence-corrected chi connectivity index (χ2v) is 6.48. The lowest BCUT2D eigenvalue weighted by Crippen LogP contribution is -2.21. The zero-order chi connectivity index (χ0) is 19.0. The quantitative estimate of drug-likeness (QED) is 0.503. The fourth-order valence-corrected chi connectivity index (χ4v) is 3.06. The molecule has 2 heterocycles. The van der Waals surface area contributed by atoms with Gasteiger partial charge in [0.2, 0.25) is 0 Å². The van der Waals surface area contributed by atoms with E-state index in [4.69, 9.17) is 22.1 Å². The molecule has 4 aromatic rings. The maximum atomic E-state index is 12.7. The molecule has 2 aromatic heterocycles. The number of aromatic amines is 2. The number of H-pyrrole nitrogens is 2. The van der Waals surface area contributed by atoms with Crippen molar-refractivity contribution in [1.82, 2.24) is 20.2 Å². The van der Waals surface area contributed by atoms with Crippen LogP contribution in [-0.4, -0.2) is 27.3 Å². The molecular weight excluding hydrogens is 366 g/mol. The average molecular weight is 382 g/mol. The second-order valence-electron chi connectivity index (χ2n) is 6.04. The average Bonchev–Trinajstić information content (AvgIpc) is 3.22. The topological polar surface area (TPSA) is 110 Å². The number of nitrogens with two attached hydrogens (primary N) is 1. The molecule has 0 bridgehead atoms. The Morgan fingerprint density at radius 2 is 1.96 bits per heavy atom. The summed E-state index contributed by atoms with van der Waals surface area (Å²) in [6, 6.07) is 10.1. The molecule has 2 aromatic carbocycles. The van der Waals surface area contributed by atoms with Crippen LogP contribution in [0.5, 0.6) is 5.75 Å². The molecule has 0 aliphatic heterocycles. The van der Waals surface area contributed by atoms with Crippen LogP contribution in [-0.2, 0) is 0 Å². The molecule has 4 rings (SSSR count). The fourth-order valence-electron chi connectivity index (χ4n) is 2.93. The van der Waals surface area contributed by atoms with Crippen molar-refractivity contribution in [3.05, 3.63) is 75.6 Å². The number of nitrogens with one attached hydrogen (secondary N) is 2. The molecular formula is C19H16ClN5O2. The molecule has 0 saturated heterocycles. The Balaban J connectivity index is 1.87. The van der Waals surface area contributed by atoms with Gasteiger partial charge in [0.25, 0.3) is 5.56 Å². The van der Waals surface area contributed by atoms with Crippen molar-refractivity contribution < 1.29 is 4.74 Å². The van der Waals surface area contributed by atoms with Crippen molar-refractivity contribution in [3.63, 3.8) is 0 Å². The van der Waals surface area contributed by atoms with Gasteiger partial charge in [-0.2, -0.15) is 5.10 Å². The van der Waals surface area contributed by atoms with E-state index in [9.17, 15) is 4.79 Å². The third-order valence-corrected chi connectivity index (χ3v) is 4.62. The SMILES string of the molecule is COc1cc(-c2cn[nH]c2)cc2c(=O)[nH]c(C(N)c3ccc(Cl)cc3)nc12. The molecule has 0 spiro atoms. The van der Waals surface area contributed by atoms with E-state index in [2.05, 4.69) is 20.2 Å². The lowest BCUT2D eigenvalue weighted by Gasteiger charge is -2.14. The van der Waals surface area contributed by atoms with Crippen molar-refractivity contribution in [3.8, 4) is 16.9 Å². The van der Waals surface area contributed by atoms with Crippen molar-refractivity contribution in [2.45, 2.75) is 6.04 Å². The molecule has 1 atom stereocenters. The Morgan fingerprint density at radius 1 is 1.19 bits per heavy atom. The summed E-state index contributed by atoms with van der Waals surface area (Å²) in [6.45, 7) is 0. The van der Waals surface area contributed by atoms with Gasteiger partial charge >= 0.3 is 0 Å². The minimum Gasteiger partial charge on any atom is -0.494 e. The monoisotopic (exact) mass is 381 g/mol. The van der Waals surface area contributed by atoms with Gasteiger partial charge in [0.05, 0.1) is 24.7 Å². The van der Waals surface area contributed by atoms with Crippen molar-refractivity contribution >= 4 is 22.5 Å².